The number of nitrogens with two attached hydrogens (primary N) is 1. The zero-order valence-corrected chi connectivity index (χ0v) is 9.48. The van der Waals surface area contributed by atoms with Crippen LogP contribution in [0, 0.1) is 5.92 Å². The zero-order chi connectivity index (χ0) is 11.3. The average Bonchev–Trinajstić information content (AvgIpc) is 2.65. The van der Waals surface area contributed by atoms with Crippen molar-refractivity contribution >= 4 is 5.91 Å². The fourth-order valence-corrected chi connectivity index (χ4v) is 2.18. The quantitative estimate of drug-likeness (QED) is 0.693. The topological polar surface area (TPSA) is 66.6 Å². The largest absolute Gasteiger partial charge is 0.396 e. The first kappa shape index (κ1) is 12.5. The molecule has 0 aromatic heterocycles. The Kier molecular flexibility index (Phi) is 5.05. The number of carbonyl (C=O) groups excluding carboxylic acids is 1. The maximum atomic E-state index is 12.0. The SMILES string of the molecule is CCN(CCCO)C(=O)C1CCC(N)C1. The van der Waals surface area contributed by atoms with Crippen molar-refractivity contribution in [3.63, 3.8) is 0 Å². The van der Waals surface area contributed by atoms with Crippen molar-refractivity contribution in [3.05, 3.63) is 0 Å². The Balaban J connectivity index is 2.42. The summed E-state index contributed by atoms with van der Waals surface area (Å²) in [6, 6.07) is 0.204. The van der Waals surface area contributed by atoms with E-state index in [0.717, 1.165) is 25.8 Å². The molecule has 0 heterocycles. The first-order valence-electron chi connectivity index (χ1n) is 5.84. The van der Waals surface area contributed by atoms with Crippen LogP contribution in [0.4, 0.5) is 0 Å². The van der Waals surface area contributed by atoms with Crippen molar-refractivity contribution in [2.75, 3.05) is 19.7 Å². The van der Waals surface area contributed by atoms with Gasteiger partial charge in [0.2, 0.25) is 5.91 Å². The van der Waals surface area contributed by atoms with Gasteiger partial charge in [-0.05, 0) is 32.6 Å². The van der Waals surface area contributed by atoms with Gasteiger partial charge in [0.15, 0.2) is 0 Å². The van der Waals surface area contributed by atoms with Crippen LogP contribution in [0.25, 0.3) is 0 Å². The van der Waals surface area contributed by atoms with Crippen molar-refractivity contribution in [2.45, 2.75) is 38.6 Å². The highest BCUT2D eigenvalue weighted by Crippen LogP contribution is 2.25. The summed E-state index contributed by atoms with van der Waals surface area (Å²) in [5, 5.41) is 8.74. The van der Waals surface area contributed by atoms with Crippen molar-refractivity contribution in [1.82, 2.24) is 4.90 Å². The zero-order valence-electron chi connectivity index (χ0n) is 9.48. The molecule has 0 spiro atoms. The van der Waals surface area contributed by atoms with Crippen LogP contribution >= 0.6 is 0 Å². The van der Waals surface area contributed by atoms with Gasteiger partial charge >= 0.3 is 0 Å². The van der Waals surface area contributed by atoms with Crippen molar-refractivity contribution in [1.29, 1.82) is 0 Å². The van der Waals surface area contributed by atoms with Crippen LogP contribution in [0.5, 0.6) is 0 Å². The molecule has 1 aliphatic rings. The molecule has 1 rings (SSSR count). The average molecular weight is 214 g/mol. The van der Waals surface area contributed by atoms with Crippen LogP contribution in [0.2, 0.25) is 0 Å². The third kappa shape index (κ3) is 3.47. The van der Waals surface area contributed by atoms with E-state index in [0.29, 0.717) is 13.0 Å². The summed E-state index contributed by atoms with van der Waals surface area (Å²) in [6.45, 7) is 3.51. The number of carbonyl (C=O) groups is 1. The lowest BCUT2D eigenvalue weighted by atomic mass is 10.1. The Bertz CT molecular complexity index is 209. The highest BCUT2D eigenvalue weighted by Gasteiger charge is 2.30. The highest BCUT2D eigenvalue weighted by atomic mass is 16.3. The number of hydrogen-bond donors (Lipinski definition) is 2. The van der Waals surface area contributed by atoms with Gasteiger partial charge in [0, 0.05) is 31.7 Å². The van der Waals surface area contributed by atoms with Gasteiger partial charge < -0.3 is 15.7 Å². The fourth-order valence-electron chi connectivity index (χ4n) is 2.18. The summed E-state index contributed by atoms with van der Waals surface area (Å²) in [5.41, 5.74) is 5.79. The second-order valence-corrected chi connectivity index (χ2v) is 4.27. The van der Waals surface area contributed by atoms with Gasteiger partial charge in [-0.2, -0.15) is 0 Å². The molecule has 1 fully saturated rings. The number of aliphatic hydroxyl groups excluding tert-OH is 1. The second-order valence-electron chi connectivity index (χ2n) is 4.27. The summed E-state index contributed by atoms with van der Waals surface area (Å²) in [6.07, 6.45) is 3.39. The molecule has 4 nitrogen and oxygen atoms in total. The molecule has 0 bridgehead atoms. The molecule has 0 radical (unpaired) electrons. The van der Waals surface area contributed by atoms with Crippen LogP contribution in [0.3, 0.4) is 0 Å². The fraction of sp³-hybridized carbons (Fsp3) is 0.909. The third-order valence-corrected chi connectivity index (χ3v) is 3.10. The molecule has 0 aliphatic heterocycles. The molecule has 1 aliphatic carbocycles. The Morgan fingerprint density at radius 1 is 1.53 bits per heavy atom. The normalized spacial score (nSPS) is 25.5. The van der Waals surface area contributed by atoms with Gasteiger partial charge in [-0.3, -0.25) is 4.79 Å². The minimum absolute atomic E-state index is 0.124. The number of rotatable bonds is 5. The molecule has 4 heteroatoms. The molecular formula is C11H22N2O2. The van der Waals surface area contributed by atoms with Crippen molar-refractivity contribution in [3.8, 4) is 0 Å². The van der Waals surface area contributed by atoms with Crippen LogP contribution in [0.15, 0.2) is 0 Å². The summed E-state index contributed by atoms with van der Waals surface area (Å²) < 4.78 is 0. The molecule has 15 heavy (non-hydrogen) atoms. The van der Waals surface area contributed by atoms with E-state index >= 15 is 0 Å². The molecule has 2 atom stereocenters. The van der Waals surface area contributed by atoms with Crippen LogP contribution in [-0.4, -0.2) is 41.7 Å². The summed E-state index contributed by atoms with van der Waals surface area (Å²) in [5.74, 6) is 0.345. The summed E-state index contributed by atoms with van der Waals surface area (Å²) >= 11 is 0. The molecule has 0 saturated heterocycles. The highest BCUT2D eigenvalue weighted by molar-refractivity contribution is 5.79. The van der Waals surface area contributed by atoms with E-state index < -0.39 is 0 Å². The van der Waals surface area contributed by atoms with E-state index in [-0.39, 0.29) is 24.5 Å². The minimum atomic E-state index is 0.124. The minimum Gasteiger partial charge on any atom is -0.396 e. The molecule has 0 aromatic carbocycles. The van der Waals surface area contributed by atoms with E-state index in [9.17, 15) is 4.79 Å². The summed E-state index contributed by atoms with van der Waals surface area (Å²) in [7, 11) is 0. The standard InChI is InChI=1S/C11H22N2O2/c1-2-13(6-3-7-14)11(15)9-4-5-10(12)8-9/h9-10,14H,2-8,12H2,1H3. The van der Waals surface area contributed by atoms with Gasteiger partial charge in [0.1, 0.15) is 0 Å². The van der Waals surface area contributed by atoms with Crippen molar-refractivity contribution < 1.29 is 9.90 Å². The maximum Gasteiger partial charge on any atom is 0.225 e. The molecule has 0 aromatic rings. The number of aliphatic hydroxyl groups is 1. The number of nitrogens with zero attached hydrogens (tertiary/aromatic N) is 1. The molecule has 3 N–H and O–H groups in total. The Morgan fingerprint density at radius 3 is 2.73 bits per heavy atom. The van der Waals surface area contributed by atoms with E-state index in [4.69, 9.17) is 10.8 Å². The maximum absolute atomic E-state index is 12.0. The van der Waals surface area contributed by atoms with Gasteiger partial charge in [-0.15, -0.1) is 0 Å². The molecule has 1 amide bonds. The summed E-state index contributed by atoms with van der Waals surface area (Å²) in [4.78, 5) is 13.8. The van der Waals surface area contributed by atoms with Gasteiger partial charge in [0.25, 0.3) is 0 Å². The lowest BCUT2D eigenvalue weighted by Gasteiger charge is -2.23. The van der Waals surface area contributed by atoms with Gasteiger partial charge in [-0.1, -0.05) is 0 Å². The third-order valence-electron chi connectivity index (χ3n) is 3.10. The lowest BCUT2D eigenvalue weighted by molar-refractivity contribution is -0.135. The van der Waals surface area contributed by atoms with E-state index in [1.54, 1.807) is 0 Å². The first-order valence-corrected chi connectivity index (χ1v) is 5.84. The van der Waals surface area contributed by atoms with Crippen LogP contribution < -0.4 is 5.73 Å². The predicted octanol–water partition coefficient (Wildman–Crippen LogP) is 0.345. The second kappa shape index (κ2) is 6.08. The van der Waals surface area contributed by atoms with Crippen LogP contribution in [0.1, 0.15) is 32.6 Å². The van der Waals surface area contributed by atoms with Crippen LogP contribution in [-0.2, 0) is 4.79 Å². The Hall–Kier alpha value is -0.610. The number of amides is 1. The van der Waals surface area contributed by atoms with E-state index in [2.05, 4.69) is 0 Å². The molecular weight excluding hydrogens is 192 g/mol. The van der Waals surface area contributed by atoms with Crippen molar-refractivity contribution in [2.24, 2.45) is 11.7 Å². The Morgan fingerprint density at radius 2 is 2.27 bits per heavy atom. The predicted molar refractivity (Wildman–Crippen MR) is 59.3 cm³/mol. The van der Waals surface area contributed by atoms with Gasteiger partial charge in [-0.25, -0.2) is 0 Å². The van der Waals surface area contributed by atoms with E-state index in [1.165, 1.54) is 0 Å². The van der Waals surface area contributed by atoms with E-state index in [1.807, 2.05) is 11.8 Å². The van der Waals surface area contributed by atoms with Gasteiger partial charge in [0.05, 0.1) is 0 Å². The smallest absolute Gasteiger partial charge is 0.225 e. The lowest BCUT2D eigenvalue weighted by Crippen LogP contribution is -2.36. The molecule has 2 unspecified atom stereocenters. The first-order chi connectivity index (χ1) is 7.19. The molecule has 1 saturated carbocycles. The molecule has 88 valence electrons. The number of hydrogen-bond acceptors (Lipinski definition) is 3. The Labute approximate surface area is 91.4 Å². The monoisotopic (exact) mass is 214 g/mol.